The average molecular weight is 533 g/mol. The summed E-state index contributed by atoms with van der Waals surface area (Å²) < 4.78 is 10.8. The fourth-order valence-electron chi connectivity index (χ4n) is 5.39. The predicted molar refractivity (Wildman–Crippen MR) is 141 cm³/mol. The number of Topliss-reactive ketones (excluding diaryl/α,β-unsaturated/α-hetero) is 1. The van der Waals surface area contributed by atoms with Crippen LogP contribution in [0.15, 0.2) is 63.7 Å². The lowest BCUT2D eigenvalue weighted by Gasteiger charge is -2.38. The van der Waals surface area contributed by atoms with E-state index in [1.807, 2.05) is 44.2 Å². The molecule has 0 saturated carbocycles. The molecule has 11 heteroatoms. The maximum absolute atomic E-state index is 13.6. The Labute approximate surface area is 221 Å². The summed E-state index contributed by atoms with van der Waals surface area (Å²) in [7, 11) is 0. The molecular formula is C27H24N4O6S. The van der Waals surface area contributed by atoms with E-state index in [2.05, 4.69) is 10.3 Å². The zero-order valence-corrected chi connectivity index (χ0v) is 21.5. The second-order valence-corrected chi connectivity index (χ2v) is 11.3. The minimum atomic E-state index is -0.982. The Morgan fingerprint density at radius 3 is 2.68 bits per heavy atom. The summed E-state index contributed by atoms with van der Waals surface area (Å²) in [5.41, 5.74) is 1.33. The second kappa shape index (κ2) is 9.02. The van der Waals surface area contributed by atoms with Gasteiger partial charge in [0.15, 0.2) is 16.7 Å². The quantitative estimate of drug-likeness (QED) is 0.203. The van der Waals surface area contributed by atoms with Crippen LogP contribution in [0, 0.1) is 15.5 Å². The van der Waals surface area contributed by atoms with Crippen LogP contribution in [0.5, 0.6) is 11.5 Å². The van der Waals surface area contributed by atoms with Crippen molar-refractivity contribution >= 4 is 29.1 Å². The third-order valence-corrected chi connectivity index (χ3v) is 7.90. The molecule has 1 aromatic heterocycles. The van der Waals surface area contributed by atoms with Gasteiger partial charge >= 0.3 is 5.69 Å². The van der Waals surface area contributed by atoms with Gasteiger partial charge in [-0.3, -0.25) is 19.7 Å². The maximum atomic E-state index is 13.6. The molecule has 194 valence electrons. The highest BCUT2D eigenvalue weighted by Gasteiger charge is 2.45. The molecule has 1 atom stereocenters. The molecular weight excluding hydrogens is 508 g/mol. The number of aromatic amines is 1. The first-order valence-electron chi connectivity index (χ1n) is 12.1. The van der Waals surface area contributed by atoms with Crippen LogP contribution in [-0.2, 0) is 10.5 Å². The molecule has 0 unspecified atom stereocenters. The summed E-state index contributed by atoms with van der Waals surface area (Å²) in [6, 6.07) is 12.9. The molecule has 2 aliphatic heterocycles. The standard InChI is InChI=1S/C27H24N4O6S/c1-27(2)10-16-20(17(32)11-27)19(15-8-9-18-23(37-13-36-18)22(15)31(34)35)21-24(28-16)29-26(30-25(21)33)38-12-14-6-4-3-5-7-14/h3-9,19H,10-13H2,1-2H3,(H2,28,29,30,33)/t19-/m1/s1. The van der Waals surface area contributed by atoms with Crippen molar-refractivity contribution in [3.63, 3.8) is 0 Å². The van der Waals surface area contributed by atoms with Gasteiger partial charge in [0.1, 0.15) is 5.82 Å². The average Bonchev–Trinajstić information content (AvgIpc) is 3.34. The third-order valence-electron chi connectivity index (χ3n) is 6.96. The van der Waals surface area contributed by atoms with Crippen LogP contribution in [0.25, 0.3) is 0 Å². The Hall–Kier alpha value is -4.12. The van der Waals surface area contributed by atoms with E-state index in [4.69, 9.17) is 14.5 Å². The largest absolute Gasteiger partial charge is 0.453 e. The van der Waals surface area contributed by atoms with E-state index >= 15 is 0 Å². The SMILES string of the molecule is CC1(C)CC(=O)C2=C(C1)Nc1nc(SCc3ccccc3)[nH]c(=O)c1[C@@H]2c1ccc2c(c1[N+](=O)[O-])OCO2. The molecule has 2 N–H and O–H groups in total. The Balaban J connectivity index is 1.52. The van der Waals surface area contributed by atoms with Crippen molar-refractivity contribution in [2.75, 3.05) is 12.1 Å². The molecule has 0 saturated heterocycles. The van der Waals surface area contributed by atoms with E-state index in [0.29, 0.717) is 34.4 Å². The van der Waals surface area contributed by atoms with Crippen molar-refractivity contribution in [3.05, 3.63) is 90.9 Å². The number of hydrogen-bond donors (Lipinski definition) is 2. The molecule has 0 spiro atoms. The number of aromatic nitrogens is 2. The molecule has 0 radical (unpaired) electrons. The minimum Gasteiger partial charge on any atom is -0.453 e. The number of carbonyl (C=O) groups excluding carboxylic acids is 1. The molecule has 0 bridgehead atoms. The first-order valence-corrected chi connectivity index (χ1v) is 13.1. The zero-order chi connectivity index (χ0) is 26.6. The number of fused-ring (bicyclic) bond motifs is 2. The lowest BCUT2D eigenvalue weighted by Crippen LogP contribution is -2.37. The van der Waals surface area contributed by atoms with Crippen LogP contribution in [-0.4, -0.2) is 27.5 Å². The number of rotatable bonds is 5. The molecule has 3 aromatic rings. The number of nitrogens with one attached hydrogen (secondary N) is 2. The van der Waals surface area contributed by atoms with E-state index in [0.717, 1.165) is 5.56 Å². The van der Waals surface area contributed by atoms with Gasteiger partial charge in [0.2, 0.25) is 12.5 Å². The Kier molecular flexibility index (Phi) is 5.75. The topological polar surface area (TPSA) is 136 Å². The second-order valence-electron chi connectivity index (χ2n) is 10.3. The molecule has 3 heterocycles. The van der Waals surface area contributed by atoms with Gasteiger partial charge in [0, 0.05) is 29.0 Å². The van der Waals surface area contributed by atoms with Gasteiger partial charge in [-0.25, -0.2) is 4.98 Å². The maximum Gasteiger partial charge on any atom is 0.319 e. The summed E-state index contributed by atoms with van der Waals surface area (Å²) >= 11 is 1.38. The fourth-order valence-corrected chi connectivity index (χ4v) is 6.21. The Bertz CT molecular complexity index is 1580. The van der Waals surface area contributed by atoms with Crippen LogP contribution in [0.4, 0.5) is 11.5 Å². The zero-order valence-electron chi connectivity index (χ0n) is 20.7. The number of nitrogens with zero attached hydrogens (tertiary/aromatic N) is 2. The highest BCUT2D eigenvalue weighted by Crippen LogP contribution is 2.52. The third kappa shape index (κ3) is 4.12. The number of ketones is 1. The Morgan fingerprint density at radius 1 is 1.13 bits per heavy atom. The van der Waals surface area contributed by atoms with Crippen LogP contribution in [0.2, 0.25) is 0 Å². The van der Waals surface area contributed by atoms with E-state index < -0.39 is 16.4 Å². The van der Waals surface area contributed by atoms with Crippen molar-refractivity contribution in [3.8, 4) is 11.5 Å². The molecule has 1 aliphatic carbocycles. The Morgan fingerprint density at radius 2 is 1.92 bits per heavy atom. The summed E-state index contributed by atoms with van der Waals surface area (Å²) in [6.45, 7) is 3.85. The molecule has 2 aromatic carbocycles. The van der Waals surface area contributed by atoms with E-state index in [-0.39, 0.29) is 52.7 Å². The van der Waals surface area contributed by atoms with Gasteiger partial charge in [-0.2, -0.15) is 0 Å². The number of nitro groups is 1. The van der Waals surface area contributed by atoms with Crippen LogP contribution >= 0.6 is 11.8 Å². The van der Waals surface area contributed by atoms with Crippen molar-refractivity contribution in [1.29, 1.82) is 0 Å². The summed E-state index contributed by atoms with van der Waals surface area (Å²) in [6.07, 6.45) is 0.789. The van der Waals surface area contributed by atoms with Gasteiger partial charge in [-0.05, 0) is 29.5 Å². The summed E-state index contributed by atoms with van der Waals surface area (Å²) in [5, 5.41) is 16.0. The van der Waals surface area contributed by atoms with E-state index in [1.165, 1.54) is 11.8 Å². The highest BCUT2D eigenvalue weighted by molar-refractivity contribution is 7.98. The number of carbonyl (C=O) groups is 1. The van der Waals surface area contributed by atoms with Crippen molar-refractivity contribution in [2.45, 2.75) is 43.5 Å². The number of allylic oxidation sites excluding steroid dienone is 2. The van der Waals surface area contributed by atoms with E-state index in [9.17, 15) is 19.7 Å². The van der Waals surface area contributed by atoms with Crippen LogP contribution < -0.4 is 20.3 Å². The van der Waals surface area contributed by atoms with Crippen molar-refractivity contribution in [2.24, 2.45) is 5.41 Å². The van der Waals surface area contributed by atoms with Crippen LogP contribution in [0.1, 0.15) is 49.3 Å². The fraction of sp³-hybridized carbons (Fsp3) is 0.296. The number of thioether (sulfide) groups is 1. The van der Waals surface area contributed by atoms with E-state index in [1.54, 1.807) is 12.1 Å². The first kappa shape index (κ1) is 24.2. The van der Waals surface area contributed by atoms with Crippen LogP contribution in [0.3, 0.4) is 0 Å². The lowest BCUT2D eigenvalue weighted by molar-refractivity contribution is -0.386. The lowest BCUT2D eigenvalue weighted by atomic mass is 9.69. The highest BCUT2D eigenvalue weighted by atomic mass is 32.2. The smallest absolute Gasteiger partial charge is 0.319 e. The van der Waals surface area contributed by atoms with Gasteiger partial charge < -0.3 is 19.8 Å². The van der Waals surface area contributed by atoms with Crippen molar-refractivity contribution in [1.82, 2.24) is 9.97 Å². The number of ether oxygens (including phenoxy) is 2. The molecule has 0 amide bonds. The molecule has 38 heavy (non-hydrogen) atoms. The monoisotopic (exact) mass is 532 g/mol. The predicted octanol–water partition coefficient (Wildman–Crippen LogP) is 4.90. The van der Waals surface area contributed by atoms with Crippen molar-refractivity contribution < 1.29 is 19.2 Å². The van der Waals surface area contributed by atoms with Gasteiger partial charge in [0.05, 0.1) is 16.4 Å². The van der Waals surface area contributed by atoms with Gasteiger partial charge in [-0.1, -0.05) is 55.9 Å². The number of hydrogen-bond acceptors (Lipinski definition) is 9. The number of benzene rings is 2. The first-order chi connectivity index (χ1) is 18.2. The summed E-state index contributed by atoms with van der Waals surface area (Å²) in [5.74, 6) is -0.000579. The molecule has 6 rings (SSSR count). The van der Waals surface area contributed by atoms with Gasteiger partial charge in [0.25, 0.3) is 5.56 Å². The van der Waals surface area contributed by atoms with Gasteiger partial charge in [-0.15, -0.1) is 0 Å². The molecule has 10 nitrogen and oxygen atoms in total. The molecule has 3 aliphatic rings. The molecule has 0 fully saturated rings. The minimum absolute atomic E-state index is 0.00209. The summed E-state index contributed by atoms with van der Waals surface area (Å²) in [4.78, 5) is 46.4. The number of anilines is 1. The normalized spacial score (nSPS) is 19.0. The number of H-pyrrole nitrogens is 1. The number of nitro benzene ring substituents is 1.